The number of hydrogen-bond donors (Lipinski definition) is 2. The van der Waals surface area contributed by atoms with Gasteiger partial charge in [-0.2, -0.15) is 0 Å². The second-order valence-corrected chi connectivity index (χ2v) is 5.56. The molecule has 0 bridgehead atoms. The third-order valence-electron chi connectivity index (χ3n) is 3.68. The number of halogens is 1. The van der Waals surface area contributed by atoms with Gasteiger partial charge < -0.3 is 15.5 Å². The van der Waals surface area contributed by atoms with Crippen LogP contribution in [-0.4, -0.2) is 49.5 Å². The Morgan fingerprint density at radius 3 is 2.65 bits per heavy atom. The van der Waals surface area contributed by atoms with Crippen molar-refractivity contribution < 1.29 is 4.79 Å². The molecule has 0 atom stereocenters. The maximum Gasteiger partial charge on any atom is 0.251 e. The summed E-state index contributed by atoms with van der Waals surface area (Å²) in [5.74, 6) is 0.926. The van der Waals surface area contributed by atoms with E-state index in [0.29, 0.717) is 18.7 Å². The molecule has 0 aromatic heterocycles. The van der Waals surface area contributed by atoms with E-state index in [9.17, 15) is 4.79 Å². The summed E-state index contributed by atoms with van der Waals surface area (Å²) in [4.78, 5) is 18.9. The van der Waals surface area contributed by atoms with Crippen LogP contribution in [0.25, 0.3) is 0 Å². The first kappa shape index (κ1) is 19.7. The first-order valence-electron chi connectivity index (χ1n) is 8.09. The molecule has 5 nitrogen and oxygen atoms in total. The number of carbonyl (C=O) groups excluding carboxylic acids is 1. The van der Waals surface area contributed by atoms with E-state index < -0.39 is 0 Å². The van der Waals surface area contributed by atoms with Gasteiger partial charge in [0.15, 0.2) is 5.96 Å². The molecule has 0 radical (unpaired) electrons. The SMILES string of the molecule is CCNC(=NCCNC(=O)c1cccc(C)c1)N1CCCC1.I. The lowest BCUT2D eigenvalue weighted by atomic mass is 10.1. The third-order valence-corrected chi connectivity index (χ3v) is 3.68. The van der Waals surface area contributed by atoms with E-state index in [-0.39, 0.29) is 29.9 Å². The van der Waals surface area contributed by atoms with Gasteiger partial charge in [0, 0.05) is 31.7 Å². The van der Waals surface area contributed by atoms with Crippen LogP contribution in [0.2, 0.25) is 0 Å². The van der Waals surface area contributed by atoms with Crippen molar-refractivity contribution in [1.29, 1.82) is 0 Å². The van der Waals surface area contributed by atoms with Crippen molar-refractivity contribution in [2.24, 2.45) is 4.99 Å². The molecule has 128 valence electrons. The van der Waals surface area contributed by atoms with Crippen molar-refractivity contribution in [2.45, 2.75) is 26.7 Å². The zero-order chi connectivity index (χ0) is 15.8. The van der Waals surface area contributed by atoms with E-state index in [2.05, 4.69) is 27.4 Å². The summed E-state index contributed by atoms with van der Waals surface area (Å²) >= 11 is 0. The van der Waals surface area contributed by atoms with Crippen molar-refractivity contribution in [1.82, 2.24) is 15.5 Å². The van der Waals surface area contributed by atoms with Gasteiger partial charge >= 0.3 is 0 Å². The van der Waals surface area contributed by atoms with Gasteiger partial charge in [-0.1, -0.05) is 17.7 Å². The number of hydrogen-bond acceptors (Lipinski definition) is 2. The highest BCUT2D eigenvalue weighted by Crippen LogP contribution is 2.07. The molecule has 1 amide bonds. The van der Waals surface area contributed by atoms with E-state index in [1.165, 1.54) is 12.8 Å². The minimum absolute atomic E-state index is 0. The Morgan fingerprint density at radius 2 is 2.00 bits per heavy atom. The van der Waals surface area contributed by atoms with Gasteiger partial charge in [0.1, 0.15) is 0 Å². The highest BCUT2D eigenvalue weighted by molar-refractivity contribution is 14.0. The predicted octanol–water partition coefficient (Wildman–Crippen LogP) is 2.40. The number of likely N-dealkylation sites (tertiary alicyclic amines) is 1. The Kier molecular flexibility index (Phi) is 8.98. The van der Waals surface area contributed by atoms with E-state index in [1.54, 1.807) is 0 Å². The van der Waals surface area contributed by atoms with Gasteiger partial charge in [0.2, 0.25) is 0 Å². The second kappa shape index (κ2) is 10.5. The molecule has 0 saturated carbocycles. The molecule has 1 saturated heterocycles. The fourth-order valence-corrected chi connectivity index (χ4v) is 2.57. The smallest absolute Gasteiger partial charge is 0.251 e. The molecular weight excluding hydrogens is 403 g/mol. The molecule has 0 unspecified atom stereocenters. The Balaban J connectivity index is 0.00000264. The molecule has 1 fully saturated rings. The van der Waals surface area contributed by atoms with E-state index in [0.717, 1.165) is 31.2 Å². The summed E-state index contributed by atoms with van der Waals surface area (Å²) in [6.07, 6.45) is 2.46. The Hall–Kier alpha value is -1.31. The summed E-state index contributed by atoms with van der Waals surface area (Å²) in [7, 11) is 0. The monoisotopic (exact) mass is 430 g/mol. The predicted molar refractivity (Wildman–Crippen MR) is 106 cm³/mol. The van der Waals surface area contributed by atoms with Gasteiger partial charge in [0.05, 0.1) is 6.54 Å². The topological polar surface area (TPSA) is 56.7 Å². The van der Waals surface area contributed by atoms with Crippen LogP contribution < -0.4 is 10.6 Å². The molecule has 6 heteroatoms. The fraction of sp³-hybridized carbons (Fsp3) is 0.529. The van der Waals surface area contributed by atoms with Gasteiger partial charge in [-0.25, -0.2) is 0 Å². The lowest BCUT2D eigenvalue weighted by Crippen LogP contribution is -2.40. The minimum Gasteiger partial charge on any atom is -0.357 e. The van der Waals surface area contributed by atoms with Crippen molar-refractivity contribution >= 4 is 35.8 Å². The first-order chi connectivity index (χ1) is 10.7. The number of rotatable bonds is 5. The number of aliphatic imine (C=N–C) groups is 1. The molecule has 1 aliphatic heterocycles. The third kappa shape index (κ3) is 6.37. The molecule has 1 heterocycles. The average molecular weight is 430 g/mol. The maximum atomic E-state index is 12.0. The van der Waals surface area contributed by atoms with Crippen molar-refractivity contribution in [2.75, 3.05) is 32.7 Å². The highest BCUT2D eigenvalue weighted by atomic mass is 127. The molecule has 1 aromatic carbocycles. The fourth-order valence-electron chi connectivity index (χ4n) is 2.57. The highest BCUT2D eigenvalue weighted by Gasteiger charge is 2.15. The summed E-state index contributed by atoms with van der Waals surface area (Å²) in [6, 6.07) is 7.62. The summed E-state index contributed by atoms with van der Waals surface area (Å²) in [6.45, 7) is 8.21. The lowest BCUT2D eigenvalue weighted by Gasteiger charge is -2.20. The molecule has 2 N–H and O–H groups in total. The largest absolute Gasteiger partial charge is 0.357 e. The maximum absolute atomic E-state index is 12.0. The normalized spacial score (nSPS) is 14.3. The van der Waals surface area contributed by atoms with Crippen molar-refractivity contribution in [3.8, 4) is 0 Å². The lowest BCUT2D eigenvalue weighted by molar-refractivity contribution is 0.0954. The number of aryl methyl sites for hydroxylation is 1. The van der Waals surface area contributed by atoms with Crippen LogP contribution in [0.15, 0.2) is 29.3 Å². The van der Waals surface area contributed by atoms with Gasteiger partial charge in [-0.05, 0) is 38.8 Å². The van der Waals surface area contributed by atoms with Crippen LogP contribution in [0.4, 0.5) is 0 Å². The van der Waals surface area contributed by atoms with Gasteiger partial charge in [0.25, 0.3) is 5.91 Å². The van der Waals surface area contributed by atoms with Crippen LogP contribution in [0.3, 0.4) is 0 Å². The summed E-state index contributed by atoms with van der Waals surface area (Å²) in [5.41, 5.74) is 1.80. The molecule has 23 heavy (non-hydrogen) atoms. The molecule has 0 aliphatic carbocycles. The standard InChI is InChI=1S/C17H26N4O.HI/c1-3-18-17(21-11-4-5-12-21)20-10-9-19-16(22)15-8-6-7-14(2)13-15;/h6-8,13H,3-5,9-12H2,1-2H3,(H,18,20)(H,19,22);1H. The van der Waals surface area contributed by atoms with Crippen molar-refractivity contribution in [3.05, 3.63) is 35.4 Å². The van der Waals surface area contributed by atoms with Crippen LogP contribution in [0.5, 0.6) is 0 Å². The van der Waals surface area contributed by atoms with E-state index in [4.69, 9.17) is 0 Å². The van der Waals surface area contributed by atoms with Gasteiger partial charge in [-0.3, -0.25) is 9.79 Å². The quantitative estimate of drug-likeness (QED) is 0.327. The Bertz CT molecular complexity index is 527. The molecule has 0 spiro atoms. The molecule has 1 aromatic rings. The molecule has 1 aliphatic rings. The number of guanidine groups is 1. The number of amides is 1. The van der Waals surface area contributed by atoms with Crippen LogP contribution in [0.1, 0.15) is 35.7 Å². The summed E-state index contributed by atoms with van der Waals surface area (Å²) < 4.78 is 0. The zero-order valence-corrected chi connectivity index (χ0v) is 16.3. The molecule has 2 rings (SSSR count). The van der Waals surface area contributed by atoms with E-state index in [1.807, 2.05) is 31.2 Å². The van der Waals surface area contributed by atoms with Gasteiger partial charge in [-0.15, -0.1) is 24.0 Å². The number of benzene rings is 1. The first-order valence-corrected chi connectivity index (χ1v) is 8.09. The Morgan fingerprint density at radius 1 is 1.26 bits per heavy atom. The summed E-state index contributed by atoms with van der Waals surface area (Å²) in [5, 5.41) is 6.24. The zero-order valence-electron chi connectivity index (χ0n) is 14.0. The average Bonchev–Trinajstić information content (AvgIpc) is 3.04. The second-order valence-electron chi connectivity index (χ2n) is 5.56. The molecular formula is C17H27IN4O. The van der Waals surface area contributed by atoms with Crippen LogP contribution in [-0.2, 0) is 0 Å². The Labute approximate surface area is 156 Å². The number of carbonyl (C=O) groups is 1. The minimum atomic E-state index is -0.0370. The number of nitrogens with one attached hydrogen (secondary N) is 2. The number of nitrogens with zero attached hydrogens (tertiary/aromatic N) is 2. The van der Waals surface area contributed by atoms with E-state index >= 15 is 0 Å². The van der Waals surface area contributed by atoms with Crippen LogP contribution in [0, 0.1) is 6.92 Å². The van der Waals surface area contributed by atoms with Crippen LogP contribution >= 0.6 is 24.0 Å². The van der Waals surface area contributed by atoms with Crippen molar-refractivity contribution in [3.63, 3.8) is 0 Å².